The molecule has 2 nitrogen and oxygen atoms in total. The maximum absolute atomic E-state index is 13.9. The van der Waals surface area contributed by atoms with Crippen LogP contribution < -0.4 is 5.32 Å². The number of aryl methyl sites for hydroxylation is 1. The number of hydrogen-bond donors (Lipinski definition) is 1. The molecule has 3 rings (SSSR count). The number of benzene rings is 1. The van der Waals surface area contributed by atoms with Gasteiger partial charge in [-0.1, -0.05) is 0 Å². The Morgan fingerprint density at radius 2 is 2.10 bits per heavy atom. The predicted octanol–water partition coefficient (Wildman–Crippen LogP) is 3.90. The highest BCUT2D eigenvalue weighted by Crippen LogP contribution is 2.28. The maximum Gasteiger partial charge on any atom is 0.133 e. The zero-order valence-electron chi connectivity index (χ0n) is 11.2. The first-order valence-electron chi connectivity index (χ1n) is 6.74. The van der Waals surface area contributed by atoms with Crippen LogP contribution in [-0.4, -0.2) is 11.5 Å². The van der Waals surface area contributed by atoms with Crippen molar-refractivity contribution >= 4 is 11.3 Å². The molecule has 1 N–H and O–H groups in total. The molecule has 0 aliphatic heterocycles. The van der Waals surface area contributed by atoms with Crippen molar-refractivity contribution in [1.29, 1.82) is 0 Å². The Morgan fingerprint density at radius 1 is 1.30 bits per heavy atom. The summed E-state index contributed by atoms with van der Waals surface area (Å²) in [7, 11) is 0. The van der Waals surface area contributed by atoms with Gasteiger partial charge in [0.05, 0.1) is 5.69 Å². The summed E-state index contributed by atoms with van der Waals surface area (Å²) in [5.74, 6) is -0.00688. The molecule has 1 fully saturated rings. The summed E-state index contributed by atoms with van der Waals surface area (Å²) in [4.78, 5) is 4.38. The summed E-state index contributed by atoms with van der Waals surface area (Å²) in [6.07, 6.45) is 2.62. The Hall–Kier alpha value is -1.33. The Morgan fingerprint density at radius 3 is 2.85 bits per heavy atom. The van der Waals surface area contributed by atoms with Gasteiger partial charge in [0.15, 0.2) is 0 Å². The quantitative estimate of drug-likeness (QED) is 0.904. The maximum atomic E-state index is 13.9. The van der Waals surface area contributed by atoms with Crippen LogP contribution in [-0.2, 0) is 6.54 Å². The third kappa shape index (κ3) is 3.04. The lowest BCUT2D eigenvalue weighted by molar-refractivity contribution is 0.594. The summed E-state index contributed by atoms with van der Waals surface area (Å²) in [6, 6.07) is 2.44. The molecule has 1 aromatic heterocycles. The normalized spacial score (nSPS) is 14.8. The molecule has 0 amide bonds. The third-order valence-electron chi connectivity index (χ3n) is 3.48. The fourth-order valence-corrected chi connectivity index (χ4v) is 2.83. The Kier molecular flexibility index (Phi) is 3.81. The molecule has 1 saturated carbocycles. The second kappa shape index (κ2) is 5.58. The molecule has 1 heterocycles. The minimum atomic E-state index is -0.424. The number of rotatable bonds is 5. The van der Waals surface area contributed by atoms with E-state index in [1.807, 2.05) is 0 Å². The second-order valence-electron chi connectivity index (χ2n) is 5.28. The van der Waals surface area contributed by atoms with Crippen molar-refractivity contribution in [3.8, 4) is 11.3 Å². The van der Waals surface area contributed by atoms with Crippen LogP contribution in [0.25, 0.3) is 11.3 Å². The topological polar surface area (TPSA) is 24.9 Å². The number of thiazole rings is 1. The summed E-state index contributed by atoms with van der Waals surface area (Å²) < 4.78 is 27.4. The average molecular weight is 294 g/mol. The van der Waals surface area contributed by atoms with Crippen LogP contribution in [0.3, 0.4) is 0 Å². The molecule has 0 atom stereocenters. The third-order valence-corrected chi connectivity index (χ3v) is 4.33. The van der Waals surface area contributed by atoms with Gasteiger partial charge in [-0.15, -0.1) is 11.3 Å². The van der Waals surface area contributed by atoms with E-state index < -0.39 is 11.6 Å². The lowest BCUT2D eigenvalue weighted by Gasteiger charge is -2.03. The first-order chi connectivity index (χ1) is 9.63. The molecule has 106 valence electrons. The summed E-state index contributed by atoms with van der Waals surface area (Å²) in [5.41, 5.74) is 1.06. The van der Waals surface area contributed by atoms with E-state index in [4.69, 9.17) is 0 Å². The van der Waals surface area contributed by atoms with Gasteiger partial charge in [0.2, 0.25) is 0 Å². The smallest absolute Gasteiger partial charge is 0.133 e. The number of halogens is 2. The summed E-state index contributed by atoms with van der Waals surface area (Å²) in [5, 5.41) is 6.03. The van der Waals surface area contributed by atoms with Crippen molar-refractivity contribution in [3.05, 3.63) is 39.7 Å². The van der Waals surface area contributed by atoms with Crippen molar-refractivity contribution in [2.24, 2.45) is 5.92 Å². The van der Waals surface area contributed by atoms with Crippen LogP contribution in [0.2, 0.25) is 0 Å². The van der Waals surface area contributed by atoms with Crippen molar-refractivity contribution in [3.63, 3.8) is 0 Å². The van der Waals surface area contributed by atoms with Gasteiger partial charge in [0, 0.05) is 17.5 Å². The van der Waals surface area contributed by atoms with E-state index in [1.165, 1.54) is 36.3 Å². The lowest BCUT2D eigenvalue weighted by Crippen LogP contribution is -2.15. The molecule has 0 unspecified atom stereocenters. The van der Waals surface area contributed by atoms with Gasteiger partial charge >= 0.3 is 0 Å². The molecule has 0 radical (unpaired) electrons. The number of nitrogens with one attached hydrogen (secondary N) is 1. The number of hydrogen-bond acceptors (Lipinski definition) is 3. The molecule has 0 bridgehead atoms. The van der Waals surface area contributed by atoms with Gasteiger partial charge in [-0.2, -0.15) is 0 Å². The SMILES string of the molecule is Cc1cc(F)c(-c2csc(CNCC3CC3)n2)cc1F. The van der Waals surface area contributed by atoms with Gasteiger partial charge in [0.25, 0.3) is 0 Å². The standard InChI is InChI=1S/C15H16F2N2S/c1-9-4-13(17)11(5-12(9)16)14-8-20-15(19-14)7-18-6-10-2-3-10/h4-5,8,10,18H,2-3,6-7H2,1H3. The fraction of sp³-hybridized carbons (Fsp3) is 0.400. The molecular formula is C15H16F2N2S. The van der Waals surface area contributed by atoms with E-state index in [9.17, 15) is 8.78 Å². The van der Waals surface area contributed by atoms with Crippen LogP contribution in [0.15, 0.2) is 17.5 Å². The molecule has 1 aliphatic rings. The van der Waals surface area contributed by atoms with Gasteiger partial charge in [-0.3, -0.25) is 0 Å². The van der Waals surface area contributed by atoms with E-state index in [0.29, 0.717) is 17.8 Å². The van der Waals surface area contributed by atoms with Crippen molar-refractivity contribution < 1.29 is 8.78 Å². The van der Waals surface area contributed by atoms with Crippen molar-refractivity contribution in [2.45, 2.75) is 26.3 Å². The lowest BCUT2D eigenvalue weighted by atomic mass is 10.1. The molecular weight excluding hydrogens is 278 g/mol. The Balaban J connectivity index is 1.73. The predicted molar refractivity (Wildman–Crippen MR) is 76.6 cm³/mol. The van der Waals surface area contributed by atoms with Gasteiger partial charge < -0.3 is 5.32 Å². The Labute approximate surface area is 120 Å². The highest BCUT2D eigenvalue weighted by atomic mass is 32.1. The van der Waals surface area contributed by atoms with Gasteiger partial charge in [-0.05, 0) is 49.9 Å². The molecule has 5 heteroatoms. The van der Waals surface area contributed by atoms with Gasteiger partial charge in [-0.25, -0.2) is 13.8 Å². The molecule has 1 aliphatic carbocycles. The van der Waals surface area contributed by atoms with E-state index in [2.05, 4.69) is 10.3 Å². The minimum Gasteiger partial charge on any atom is -0.310 e. The fourth-order valence-electron chi connectivity index (χ4n) is 2.06. The van der Waals surface area contributed by atoms with E-state index in [1.54, 1.807) is 12.3 Å². The molecule has 2 aromatic rings. The van der Waals surface area contributed by atoms with Crippen LogP contribution in [0, 0.1) is 24.5 Å². The first-order valence-corrected chi connectivity index (χ1v) is 7.62. The molecule has 0 saturated heterocycles. The van der Waals surface area contributed by atoms with E-state index >= 15 is 0 Å². The largest absolute Gasteiger partial charge is 0.310 e. The number of nitrogens with zero attached hydrogens (tertiary/aromatic N) is 1. The zero-order chi connectivity index (χ0) is 14.1. The van der Waals surface area contributed by atoms with Crippen LogP contribution >= 0.6 is 11.3 Å². The van der Waals surface area contributed by atoms with Crippen molar-refractivity contribution in [2.75, 3.05) is 6.54 Å². The summed E-state index contributed by atoms with van der Waals surface area (Å²) >= 11 is 1.47. The van der Waals surface area contributed by atoms with E-state index in [-0.39, 0.29) is 5.56 Å². The summed E-state index contributed by atoms with van der Waals surface area (Å²) in [6.45, 7) is 3.26. The minimum absolute atomic E-state index is 0.234. The molecule has 1 aromatic carbocycles. The van der Waals surface area contributed by atoms with E-state index in [0.717, 1.165) is 17.5 Å². The Bertz CT molecular complexity index is 620. The van der Waals surface area contributed by atoms with Crippen LogP contribution in [0.4, 0.5) is 8.78 Å². The van der Waals surface area contributed by atoms with Crippen LogP contribution in [0.5, 0.6) is 0 Å². The highest BCUT2D eigenvalue weighted by Gasteiger charge is 2.20. The van der Waals surface area contributed by atoms with Gasteiger partial charge in [0.1, 0.15) is 16.6 Å². The molecule has 20 heavy (non-hydrogen) atoms. The molecule has 0 spiro atoms. The highest BCUT2D eigenvalue weighted by molar-refractivity contribution is 7.09. The van der Waals surface area contributed by atoms with Crippen molar-refractivity contribution in [1.82, 2.24) is 10.3 Å². The number of aromatic nitrogens is 1. The average Bonchev–Trinajstić information content (AvgIpc) is 3.11. The zero-order valence-corrected chi connectivity index (χ0v) is 12.1. The second-order valence-corrected chi connectivity index (χ2v) is 6.22. The van der Waals surface area contributed by atoms with Crippen LogP contribution in [0.1, 0.15) is 23.4 Å². The monoisotopic (exact) mass is 294 g/mol. The first kappa shape index (κ1) is 13.6.